The van der Waals surface area contributed by atoms with E-state index in [1.807, 2.05) is 6.07 Å². The first-order valence-electron chi connectivity index (χ1n) is 9.30. The number of carbonyl (C=O) groups is 3. The number of anilines is 1. The number of rotatable bonds is 3. The largest absolute Gasteiger partial charge is 0.325 e. The van der Waals surface area contributed by atoms with Crippen LogP contribution in [0.2, 0.25) is 0 Å². The van der Waals surface area contributed by atoms with Crippen molar-refractivity contribution in [3.8, 4) is 0 Å². The highest BCUT2D eigenvalue weighted by Crippen LogP contribution is 2.43. The smallest absolute Gasteiger partial charge is 0.324 e. The van der Waals surface area contributed by atoms with Gasteiger partial charge in [-0.15, -0.1) is 0 Å². The van der Waals surface area contributed by atoms with E-state index in [1.54, 1.807) is 18.2 Å². The molecule has 1 aromatic rings. The summed E-state index contributed by atoms with van der Waals surface area (Å²) >= 11 is 3.35. The van der Waals surface area contributed by atoms with Crippen molar-refractivity contribution in [2.45, 2.75) is 52.0 Å². The third kappa shape index (κ3) is 4.18. The molecule has 1 spiro atoms. The maximum Gasteiger partial charge on any atom is 0.325 e. The Labute approximate surface area is 168 Å². The van der Waals surface area contributed by atoms with Crippen LogP contribution >= 0.6 is 15.9 Å². The van der Waals surface area contributed by atoms with Crippen molar-refractivity contribution in [1.29, 1.82) is 0 Å². The van der Waals surface area contributed by atoms with Crippen molar-refractivity contribution in [3.63, 3.8) is 0 Å². The molecule has 0 radical (unpaired) electrons. The molecular weight excluding hydrogens is 410 g/mol. The molecule has 0 bridgehead atoms. The predicted octanol–water partition coefficient (Wildman–Crippen LogP) is 3.91. The number of halogens is 1. The maximum absolute atomic E-state index is 12.9. The van der Waals surface area contributed by atoms with Gasteiger partial charge in [0.25, 0.3) is 5.91 Å². The number of nitrogens with zero attached hydrogens (tertiary/aromatic N) is 1. The van der Waals surface area contributed by atoms with Gasteiger partial charge in [0, 0.05) is 10.2 Å². The Morgan fingerprint density at radius 2 is 1.96 bits per heavy atom. The lowest BCUT2D eigenvalue weighted by Crippen LogP contribution is -2.50. The minimum absolute atomic E-state index is 0.191. The summed E-state index contributed by atoms with van der Waals surface area (Å²) in [4.78, 5) is 38.7. The van der Waals surface area contributed by atoms with E-state index in [4.69, 9.17) is 0 Å². The summed E-state index contributed by atoms with van der Waals surface area (Å²) in [6, 6.07) is 6.70. The minimum atomic E-state index is -0.838. The predicted molar refractivity (Wildman–Crippen MR) is 107 cm³/mol. The van der Waals surface area contributed by atoms with E-state index < -0.39 is 17.5 Å². The van der Waals surface area contributed by atoms with Gasteiger partial charge in [-0.3, -0.25) is 14.5 Å². The van der Waals surface area contributed by atoms with E-state index in [9.17, 15) is 14.4 Å². The third-order valence-corrected chi connectivity index (χ3v) is 6.21. The summed E-state index contributed by atoms with van der Waals surface area (Å²) in [5.74, 6) is -0.136. The van der Waals surface area contributed by atoms with E-state index in [2.05, 4.69) is 47.3 Å². The summed E-state index contributed by atoms with van der Waals surface area (Å²) < 4.78 is 0.838. The summed E-state index contributed by atoms with van der Waals surface area (Å²) in [6.45, 7) is 6.36. The number of imide groups is 1. The second-order valence-electron chi connectivity index (χ2n) is 8.60. The molecule has 27 heavy (non-hydrogen) atoms. The minimum Gasteiger partial charge on any atom is -0.324 e. The number of nitrogens with one attached hydrogen (secondary N) is 2. The first-order chi connectivity index (χ1) is 12.6. The summed E-state index contributed by atoms with van der Waals surface area (Å²) in [6.07, 6.45) is 3.05. The molecule has 6 nitrogen and oxygen atoms in total. The number of hydrogen-bond donors (Lipinski definition) is 2. The highest BCUT2D eigenvalue weighted by atomic mass is 79.9. The van der Waals surface area contributed by atoms with Crippen molar-refractivity contribution in [1.82, 2.24) is 10.2 Å². The molecule has 4 amide bonds. The van der Waals surface area contributed by atoms with Crippen LogP contribution in [0.15, 0.2) is 28.7 Å². The Balaban J connectivity index is 1.64. The highest BCUT2D eigenvalue weighted by Gasteiger charge is 2.53. The van der Waals surface area contributed by atoms with Crippen molar-refractivity contribution in [2.75, 3.05) is 11.9 Å². The fraction of sp³-hybridized carbons (Fsp3) is 0.550. The third-order valence-electron chi connectivity index (χ3n) is 5.72. The molecule has 1 saturated heterocycles. The zero-order valence-electron chi connectivity index (χ0n) is 16.0. The molecule has 1 aromatic carbocycles. The van der Waals surface area contributed by atoms with E-state index in [0.717, 1.165) is 22.2 Å². The monoisotopic (exact) mass is 435 g/mol. The lowest BCUT2D eigenvalue weighted by Gasteiger charge is -2.40. The fourth-order valence-electron chi connectivity index (χ4n) is 4.05. The van der Waals surface area contributed by atoms with Crippen molar-refractivity contribution in [2.24, 2.45) is 11.3 Å². The Morgan fingerprint density at radius 3 is 2.56 bits per heavy atom. The van der Waals surface area contributed by atoms with Gasteiger partial charge >= 0.3 is 6.03 Å². The summed E-state index contributed by atoms with van der Waals surface area (Å²) in [7, 11) is 0. The zero-order chi connectivity index (χ0) is 19.8. The number of benzene rings is 1. The molecular formula is C20H26BrN3O3. The van der Waals surface area contributed by atoms with E-state index in [1.165, 1.54) is 0 Å². The second-order valence-corrected chi connectivity index (χ2v) is 9.52. The molecule has 146 valence electrons. The molecule has 0 atom stereocenters. The molecule has 2 N–H and O–H groups in total. The molecule has 1 aliphatic heterocycles. The van der Waals surface area contributed by atoms with Crippen molar-refractivity contribution >= 4 is 39.5 Å². The second kappa shape index (κ2) is 7.26. The van der Waals surface area contributed by atoms with Gasteiger partial charge in [-0.05, 0) is 55.2 Å². The fourth-order valence-corrected chi connectivity index (χ4v) is 4.44. The normalized spacial score (nSPS) is 25.6. The van der Waals surface area contributed by atoms with Crippen LogP contribution in [0.4, 0.5) is 10.5 Å². The van der Waals surface area contributed by atoms with Gasteiger partial charge in [-0.25, -0.2) is 4.79 Å². The quantitative estimate of drug-likeness (QED) is 0.706. The number of urea groups is 1. The lowest BCUT2D eigenvalue weighted by atomic mass is 9.67. The topological polar surface area (TPSA) is 78.5 Å². The van der Waals surface area contributed by atoms with Gasteiger partial charge in [-0.1, -0.05) is 42.8 Å². The molecule has 0 unspecified atom stereocenters. The lowest BCUT2D eigenvalue weighted by molar-refractivity contribution is -0.135. The highest BCUT2D eigenvalue weighted by molar-refractivity contribution is 9.10. The van der Waals surface area contributed by atoms with Crippen LogP contribution < -0.4 is 10.6 Å². The summed E-state index contributed by atoms with van der Waals surface area (Å²) in [5.41, 5.74) is -0.0343. The molecule has 1 saturated carbocycles. The van der Waals surface area contributed by atoms with Crippen LogP contribution in [-0.2, 0) is 9.59 Å². The van der Waals surface area contributed by atoms with E-state index in [-0.39, 0.29) is 17.9 Å². The Kier molecular flexibility index (Phi) is 5.34. The Bertz CT molecular complexity index is 764. The van der Waals surface area contributed by atoms with Crippen LogP contribution in [0.5, 0.6) is 0 Å². The molecule has 1 heterocycles. The van der Waals surface area contributed by atoms with Crippen molar-refractivity contribution < 1.29 is 14.4 Å². The maximum atomic E-state index is 12.9. The van der Waals surface area contributed by atoms with Crippen LogP contribution in [0.3, 0.4) is 0 Å². The standard InChI is InChI=1S/C20H26BrN3O3/c1-19(2,3)13-7-9-20(10-8-13)17(26)24(18(27)23-20)12-16(25)22-15-6-4-5-14(21)11-15/h4-6,11,13H,7-10,12H2,1-3H3,(H,22,25)(H,23,27). The van der Waals surface area contributed by atoms with Gasteiger partial charge in [0.05, 0.1) is 0 Å². The Hall–Kier alpha value is -1.89. The molecule has 2 aliphatic rings. The molecule has 7 heteroatoms. The van der Waals surface area contributed by atoms with Gasteiger partial charge in [0.2, 0.25) is 5.91 Å². The molecule has 1 aliphatic carbocycles. The van der Waals surface area contributed by atoms with Gasteiger partial charge in [0.15, 0.2) is 0 Å². The van der Waals surface area contributed by atoms with Gasteiger partial charge < -0.3 is 10.6 Å². The average molecular weight is 436 g/mol. The molecule has 2 fully saturated rings. The van der Waals surface area contributed by atoms with Gasteiger partial charge in [-0.2, -0.15) is 0 Å². The first-order valence-corrected chi connectivity index (χ1v) is 10.1. The van der Waals surface area contributed by atoms with E-state index in [0.29, 0.717) is 24.4 Å². The average Bonchev–Trinajstić information content (AvgIpc) is 2.79. The zero-order valence-corrected chi connectivity index (χ0v) is 17.6. The van der Waals surface area contributed by atoms with Crippen LogP contribution in [0.25, 0.3) is 0 Å². The van der Waals surface area contributed by atoms with Crippen molar-refractivity contribution in [3.05, 3.63) is 28.7 Å². The molecule has 0 aromatic heterocycles. The van der Waals surface area contributed by atoms with Gasteiger partial charge in [0.1, 0.15) is 12.1 Å². The number of amides is 4. The SMILES string of the molecule is CC(C)(C)C1CCC2(CC1)NC(=O)N(CC(=O)Nc1cccc(Br)c1)C2=O. The number of carbonyl (C=O) groups excluding carboxylic acids is 3. The Morgan fingerprint density at radius 1 is 1.30 bits per heavy atom. The van der Waals surface area contributed by atoms with E-state index >= 15 is 0 Å². The van der Waals surface area contributed by atoms with Crippen LogP contribution in [0, 0.1) is 11.3 Å². The van der Waals surface area contributed by atoms with Crippen LogP contribution in [-0.4, -0.2) is 34.8 Å². The number of hydrogen-bond acceptors (Lipinski definition) is 3. The summed E-state index contributed by atoms with van der Waals surface area (Å²) in [5, 5.41) is 5.60. The van der Waals surface area contributed by atoms with Crippen LogP contribution in [0.1, 0.15) is 46.5 Å². The first kappa shape index (κ1) is 19.9. The molecule has 3 rings (SSSR count).